The van der Waals surface area contributed by atoms with Gasteiger partial charge in [-0.2, -0.15) is 0 Å². The van der Waals surface area contributed by atoms with Crippen molar-refractivity contribution in [3.63, 3.8) is 0 Å². The molecule has 1 aromatic carbocycles. The molecule has 18 heavy (non-hydrogen) atoms. The van der Waals surface area contributed by atoms with Crippen molar-refractivity contribution in [3.8, 4) is 0 Å². The molecule has 0 amide bonds. The van der Waals surface area contributed by atoms with E-state index in [0.717, 1.165) is 12.8 Å². The fraction of sp³-hybridized carbons (Fsp3) is 0.500. The standard InChI is InChI=1S/C12H17N3O3/c1-13-10-3-2-4-11(12(10)15(16)17)14-9-5-7-18-8-6-9/h2-4,9,13-14H,5-8H2,1H3. The van der Waals surface area contributed by atoms with Crippen LogP contribution < -0.4 is 10.6 Å². The largest absolute Gasteiger partial charge is 0.382 e. The van der Waals surface area contributed by atoms with Crippen LogP contribution in [0.5, 0.6) is 0 Å². The zero-order valence-corrected chi connectivity index (χ0v) is 10.3. The second kappa shape index (κ2) is 5.68. The van der Waals surface area contributed by atoms with Crippen LogP contribution in [0.2, 0.25) is 0 Å². The third-order valence-corrected chi connectivity index (χ3v) is 3.07. The summed E-state index contributed by atoms with van der Waals surface area (Å²) in [6, 6.07) is 5.49. The number of nitrogens with one attached hydrogen (secondary N) is 2. The van der Waals surface area contributed by atoms with Gasteiger partial charge in [-0.1, -0.05) is 6.07 Å². The number of nitro groups is 1. The third-order valence-electron chi connectivity index (χ3n) is 3.07. The summed E-state index contributed by atoms with van der Waals surface area (Å²) >= 11 is 0. The fourth-order valence-corrected chi connectivity index (χ4v) is 2.12. The highest BCUT2D eigenvalue weighted by Gasteiger charge is 2.22. The maximum absolute atomic E-state index is 11.1. The maximum atomic E-state index is 11.1. The number of hydrogen-bond acceptors (Lipinski definition) is 5. The number of anilines is 2. The van der Waals surface area contributed by atoms with E-state index in [0.29, 0.717) is 24.6 Å². The van der Waals surface area contributed by atoms with E-state index in [1.54, 1.807) is 25.2 Å². The summed E-state index contributed by atoms with van der Waals surface area (Å²) in [6.07, 6.45) is 1.75. The van der Waals surface area contributed by atoms with Crippen LogP contribution in [0.25, 0.3) is 0 Å². The lowest BCUT2D eigenvalue weighted by atomic mass is 10.1. The lowest BCUT2D eigenvalue weighted by Crippen LogP contribution is -2.28. The molecule has 1 aromatic rings. The summed E-state index contributed by atoms with van der Waals surface area (Å²) in [5.41, 5.74) is 1.20. The van der Waals surface area contributed by atoms with Crippen molar-refractivity contribution in [2.45, 2.75) is 18.9 Å². The van der Waals surface area contributed by atoms with E-state index in [-0.39, 0.29) is 16.7 Å². The molecule has 0 unspecified atom stereocenters. The lowest BCUT2D eigenvalue weighted by Gasteiger charge is -2.24. The number of nitro benzene ring substituents is 1. The minimum Gasteiger partial charge on any atom is -0.382 e. The van der Waals surface area contributed by atoms with Gasteiger partial charge in [0.2, 0.25) is 0 Å². The molecular formula is C12H17N3O3. The highest BCUT2D eigenvalue weighted by molar-refractivity contribution is 5.76. The molecule has 1 aliphatic rings. The van der Waals surface area contributed by atoms with E-state index in [9.17, 15) is 10.1 Å². The zero-order chi connectivity index (χ0) is 13.0. The van der Waals surface area contributed by atoms with Gasteiger partial charge in [0.1, 0.15) is 11.4 Å². The summed E-state index contributed by atoms with van der Waals surface area (Å²) in [6.45, 7) is 1.41. The van der Waals surface area contributed by atoms with Gasteiger partial charge < -0.3 is 15.4 Å². The molecule has 1 aliphatic heterocycles. The Hall–Kier alpha value is -1.82. The monoisotopic (exact) mass is 251 g/mol. The van der Waals surface area contributed by atoms with E-state index in [2.05, 4.69) is 10.6 Å². The molecule has 1 heterocycles. The summed E-state index contributed by atoms with van der Waals surface area (Å²) in [5, 5.41) is 17.2. The van der Waals surface area contributed by atoms with Gasteiger partial charge in [0.25, 0.3) is 0 Å². The molecule has 6 heteroatoms. The van der Waals surface area contributed by atoms with Crippen molar-refractivity contribution in [2.75, 3.05) is 30.9 Å². The predicted octanol–water partition coefficient (Wildman–Crippen LogP) is 2.23. The van der Waals surface area contributed by atoms with Crippen LogP contribution in [-0.2, 0) is 4.74 Å². The smallest absolute Gasteiger partial charge is 0.315 e. The molecule has 2 rings (SSSR count). The molecule has 6 nitrogen and oxygen atoms in total. The highest BCUT2D eigenvalue weighted by Crippen LogP contribution is 2.33. The van der Waals surface area contributed by atoms with Crippen LogP contribution in [0.4, 0.5) is 17.1 Å². The van der Waals surface area contributed by atoms with Gasteiger partial charge in [0.15, 0.2) is 0 Å². The second-order valence-corrected chi connectivity index (χ2v) is 4.24. The van der Waals surface area contributed by atoms with Crippen molar-refractivity contribution < 1.29 is 9.66 Å². The fourth-order valence-electron chi connectivity index (χ4n) is 2.12. The SMILES string of the molecule is CNc1cccc(NC2CCOCC2)c1[N+](=O)[O-]. The molecular weight excluding hydrogens is 234 g/mol. The van der Waals surface area contributed by atoms with Crippen LogP contribution >= 0.6 is 0 Å². The topological polar surface area (TPSA) is 76.4 Å². The average Bonchev–Trinajstić information content (AvgIpc) is 2.39. The zero-order valence-electron chi connectivity index (χ0n) is 10.3. The molecule has 1 fully saturated rings. The van der Waals surface area contributed by atoms with Gasteiger partial charge in [-0.15, -0.1) is 0 Å². The number of benzene rings is 1. The van der Waals surface area contributed by atoms with Crippen LogP contribution in [0.15, 0.2) is 18.2 Å². The van der Waals surface area contributed by atoms with E-state index in [1.165, 1.54) is 0 Å². The summed E-state index contributed by atoms with van der Waals surface area (Å²) in [4.78, 5) is 10.8. The Morgan fingerprint density at radius 3 is 2.61 bits per heavy atom. The Morgan fingerprint density at radius 2 is 2.00 bits per heavy atom. The quantitative estimate of drug-likeness (QED) is 0.634. The van der Waals surface area contributed by atoms with Gasteiger partial charge in [0.05, 0.1) is 4.92 Å². The van der Waals surface area contributed by atoms with Gasteiger partial charge >= 0.3 is 5.69 Å². The van der Waals surface area contributed by atoms with Crippen molar-refractivity contribution in [3.05, 3.63) is 28.3 Å². The van der Waals surface area contributed by atoms with Gasteiger partial charge in [-0.3, -0.25) is 10.1 Å². The molecule has 0 bridgehead atoms. The summed E-state index contributed by atoms with van der Waals surface area (Å²) < 4.78 is 5.27. The summed E-state index contributed by atoms with van der Waals surface area (Å²) in [5.74, 6) is 0. The lowest BCUT2D eigenvalue weighted by molar-refractivity contribution is -0.383. The molecule has 0 radical (unpaired) electrons. The van der Waals surface area contributed by atoms with Gasteiger partial charge in [0, 0.05) is 26.3 Å². The first-order valence-corrected chi connectivity index (χ1v) is 6.02. The van der Waals surface area contributed by atoms with Crippen LogP contribution in [-0.4, -0.2) is 31.2 Å². The van der Waals surface area contributed by atoms with Crippen molar-refractivity contribution in [2.24, 2.45) is 0 Å². The Labute approximate surface area is 105 Å². The Morgan fingerprint density at radius 1 is 1.33 bits per heavy atom. The third kappa shape index (κ3) is 2.70. The van der Waals surface area contributed by atoms with Crippen molar-refractivity contribution in [1.29, 1.82) is 0 Å². The highest BCUT2D eigenvalue weighted by atomic mass is 16.6. The number of rotatable bonds is 4. The number of ether oxygens (including phenoxy) is 1. The predicted molar refractivity (Wildman–Crippen MR) is 70.1 cm³/mol. The van der Waals surface area contributed by atoms with Crippen molar-refractivity contribution >= 4 is 17.1 Å². The number of nitrogens with zero attached hydrogens (tertiary/aromatic N) is 1. The van der Waals surface area contributed by atoms with Gasteiger partial charge in [-0.05, 0) is 25.0 Å². The molecule has 0 aliphatic carbocycles. The van der Waals surface area contributed by atoms with E-state index in [4.69, 9.17) is 4.74 Å². The molecule has 2 N–H and O–H groups in total. The molecule has 0 saturated carbocycles. The maximum Gasteiger partial charge on any atom is 0.315 e. The van der Waals surface area contributed by atoms with Crippen LogP contribution in [0, 0.1) is 10.1 Å². The van der Waals surface area contributed by atoms with Gasteiger partial charge in [-0.25, -0.2) is 0 Å². The average molecular weight is 251 g/mol. The summed E-state index contributed by atoms with van der Waals surface area (Å²) in [7, 11) is 1.68. The Kier molecular flexibility index (Phi) is 3.99. The normalized spacial score (nSPS) is 16.3. The Bertz CT molecular complexity index is 431. The minimum absolute atomic E-state index is 0.103. The van der Waals surface area contributed by atoms with Crippen LogP contribution in [0.1, 0.15) is 12.8 Å². The van der Waals surface area contributed by atoms with E-state index >= 15 is 0 Å². The van der Waals surface area contributed by atoms with Crippen molar-refractivity contribution in [1.82, 2.24) is 0 Å². The van der Waals surface area contributed by atoms with E-state index in [1.807, 2.05) is 0 Å². The van der Waals surface area contributed by atoms with E-state index < -0.39 is 0 Å². The molecule has 98 valence electrons. The number of para-hydroxylation sites is 1. The minimum atomic E-state index is -0.354. The first-order valence-electron chi connectivity index (χ1n) is 6.02. The molecule has 0 aromatic heterocycles. The first-order chi connectivity index (χ1) is 8.72. The Balaban J connectivity index is 2.23. The second-order valence-electron chi connectivity index (χ2n) is 4.24. The molecule has 1 saturated heterocycles. The molecule has 0 atom stereocenters. The number of hydrogen-bond donors (Lipinski definition) is 2. The van der Waals surface area contributed by atoms with Crippen LogP contribution in [0.3, 0.4) is 0 Å². The first kappa shape index (κ1) is 12.6. The molecule has 0 spiro atoms.